The Bertz CT molecular complexity index is 328. The highest BCUT2D eigenvalue weighted by Crippen LogP contribution is 2.28. The summed E-state index contributed by atoms with van der Waals surface area (Å²) in [5, 5.41) is 3.69. The molecule has 0 aliphatic heterocycles. The SMILES string of the molecule is CC(NCC(c1ccco1)N(C)C)C1CCCC1. The van der Waals surface area contributed by atoms with Crippen LogP contribution < -0.4 is 5.32 Å². The summed E-state index contributed by atoms with van der Waals surface area (Å²) in [4.78, 5) is 2.22. The Balaban J connectivity index is 1.86. The molecule has 1 N–H and O–H groups in total. The molecule has 0 amide bonds. The van der Waals surface area contributed by atoms with Crippen LogP contribution in [0, 0.1) is 5.92 Å². The average molecular weight is 250 g/mol. The van der Waals surface area contributed by atoms with E-state index < -0.39 is 0 Å². The first kappa shape index (κ1) is 13.6. The van der Waals surface area contributed by atoms with Crippen LogP contribution in [0.2, 0.25) is 0 Å². The normalized spacial score (nSPS) is 20.4. The van der Waals surface area contributed by atoms with Gasteiger partial charge >= 0.3 is 0 Å². The Morgan fingerprint density at radius 3 is 2.67 bits per heavy atom. The molecule has 0 radical (unpaired) electrons. The first-order valence-corrected chi connectivity index (χ1v) is 7.11. The zero-order valence-corrected chi connectivity index (χ0v) is 11.9. The van der Waals surface area contributed by atoms with E-state index in [0.717, 1.165) is 18.2 Å². The van der Waals surface area contributed by atoms with Crippen LogP contribution in [-0.2, 0) is 0 Å². The van der Waals surface area contributed by atoms with E-state index in [1.165, 1.54) is 25.7 Å². The van der Waals surface area contributed by atoms with Crippen LogP contribution in [0.1, 0.15) is 44.4 Å². The smallest absolute Gasteiger partial charge is 0.122 e. The van der Waals surface area contributed by atoms with Crippen LogP contribution in [0.15, 0.2) is 22.8 Å². The minimum absolute atomic E-state index is 0.323. The maximum absolute atomic E-state index is 5.53. The second-order valence-corrected chi connectivity index (χ2v) is 5.74. The van der Waals surface area contributed by atoms with Gasteiger partial charge in [-0.15, -0.1) is 0 Å². The fourth-order valence-corrected chi connectivity index (χ4v) is 2.94. The highest BCUT2D eigenvalue weighted by Gasteiger charge is 2.23. The third-order valence-corrected chi connectivity index (χ3v) is 4.24. The highest BCUT2D eigenvalue weighted by atomic mass is 16.3. The van der Waals surface area contributed by atoms with Crippen molar-refractivity contribution in [2.24, 2.45) is 5.92 Å². The molecule has 0 spiro atoms. The third-order valence-electron chi connectivity index (χ3n) is 4.24. The molecule has 1 fully saturated rings. The molecule has 3 nitrogen and oxygen atoms in total. The molecule has 1 aromatic rings. The lowest BCUT2D eigenvalue weighted by molar-refractivity contribution is 0.235. The maximum Gasteiger partial charge on any atom is 0.122 e. The second kappa shape index (κ2) is 6.39. The zero-order chi connectivity index (χ0) is 13.0. The molecule has 102 valence electrons. The Hall–Kier alpha value is -0.800. The number of furan rings is 1. The Labute approximate surface area is 111 Å². The van der Waals surface area contributed by atoms with Crippen LogP contribution in [0.25, 0.3) is 0 Å². The quantitative estimate of drug-likeness (QED) is 0.841. The summed E-state index contributed by atoms with van der Waals surface area (Å²) in [6, 6.07) is 4.97. The topological polar surface area (TPSA) is 28.4 Å². The number of hydrogen-bond acceptors (Lipinski definition) is 3. The van der Waals surface area contributed by atoms with Crippen LogP contribution in [0.3, 0.4) is 0 Å². The van der Waals surface area contributed by atoms with Gasteiger partial charge in [0, 0.05) is 12.6 Å². The van der Waals surface area contributed by atoms with Crippen molar-refractivity contribution in [2.45, 2.75) is 44.7 Å². The van der Waals surface area contributed by atoms with Gasteiger partial charge in [-0.1, -0.05) is 12.8 Å². The molecular formula is C15H26N2O. The lowest BCUT2D eigenvalue weighted by Crippen LogP contribution is -2.38. The molecule has 1 aromatic heterocycles. The number of likely N-dealkylation sites (N-methyl/N-ethyl adjacent to an activating group) is 1. The van der Waals surface area contributed by atoms with Crippen LogP contribution >= 0.6 is 0 Å². The fraction of sp³-hybridized carbons (Fsp3) is 0.733. The van der Waals surface area contributed by atoms with Gasteiger partial charge in [-0.05, 0) is 51.9 Å². The van der Waals surface area contributed by atoms with Crippen molar-refractivity contribution in [3.05, 3.63) is 24.2 Å². The van der Waals surface area contributed by atoms with E-state index in [9.17, 15) is 0 Å². The molecule has 0 saturated heterocycles. The van der Waals surface area contributed by atoms with Crippen LogP contribution in [0.5, 0.6) is 0 Å². The summed E-state index contributed by atoms with van der Waals surface area (Å²) < 4.78 is 5.53. The van der Waals surface area contributed by atoms with Gasteiger partial charge in [-0.25, -0.2) is 0 Å². The van der Waals surface area contributed by atoms with E-state index in [1.807, 2.05) is 6.07 Å². The molecule has 1 heterocycles. The summed E-state index contributed by atoms with van der Waals surface area (Å²) in [5.74, 6) is 1.91. The minimum Gasteiger partial charge on any atom is -0.468 e. The molecule has 2 rings (SSSR count). The molecule has 1 saturated carbocycles. The lowest BCUT2D eigenvalue weighted by Gasteiger charge is -2.27. The summed E-state index contributed by atoms with van der Waals surface area (Å²) in [7, 11) is 4.21. The van der Waals surface area contributed by atoms with Crippen molar-refractivity contribution in [2.75, 3.05) is 20.6 Å². The van der Waals surface area contributed by atoms with Gasteiger partial charge in [0.15, 0.2) is 0 Å². The minimum atomic E-state index is 0.323. The van der Waals surface area contributed by atoms with Crippen molar-refractivity contribution < 1.29 is 4.42 Å². The molecule has 3 heteroatoms. The van der Waals surface area contributed by atoms with Gasteiger partial charge < -0.3 is 9.73 Å². The number of nitrogens with zero attached hydrogens (tertiary/aromatic N) is 1. The molecule has 2 unspecified atom stereocenters. The van der Waals surface area contributed by atoms with Gasteiger partial charge in [0.25, 0.3) is 0 Å². The van der Waals surface area contributed by atoms with E-state index in [1.54, 1.807) is 6.26 Å². The number of nitrogens with one attached hydrogen (secondary N) is 1. The molecule has 0 bridgehead atoms. The van der Waals surface area contributed by atoms with Crippen LogP contribution in [0.4, 0.5) is 0 Å². The Morgan fingerprint density at radius 2 is 2.11 bits per heavy atom. The van der Waals surface area contributed by atoms with Gasteiger partial charge in [0.05, 0.1) is 12.3 Å². The van der Waals surface area contributed by atoms with Gasteiger partial charge in [-0.2, -0.15) is 0 Å². The predicted octanol–water partition coefficient (Wildman–Crippen LogP) is 3.05. The first-order valence-electron chi connectivity index (χ1n) is 7.11. The van der Waals surface area contributed by atoms with E-state index in [4.69, 9.17) is 4.42 Å². The molecule has 1 aliphatic rings. The van der Waals surface area contributed by atoms with E-state index in [2.05, 4.69) is 37.3 Å². The molecule has 18 heavy (non-hydrogen) atoms. The predicted molar refractivity (Wildman–Crippen MR) is 74.6 cm³/mol. The van der Waals surface area contributed by atoms with Crippen molar-refractivity contribution in [3.63, 3.8) is 0 Å². The van der Waals surface area contributed by atoms with Gasteiger partial charge in [0.1, 0.15) is 5.76 Å². The first-order chi connectivity index (χ1) is 8.68. The van der Waals surface area contributed by atoms with Crippen molar-refractivity contribution >= 4 is 0 Å². The highest BCUT2D eigenvalue weighted by molar-refractivity contribution is 5.05. The second-order valence-electron chi connectivity index (χ2n) is 5.74. The summed E-state index contributed by atoms with van der Waals surface area (Å²) in [5.41, 5.74) is 0. The standard InChI is InChI=1S/C15H26N2O/c1-12(13-7-4-5-8-13)16-11-14(17(2)3)15-9-6-10-18-15/h6,9-10,12-14,16H,4-5,7-8,11H2,1-3H3. The Morgan fingerprint density at radius 1 is 1.39 bits per heavy atom. The zero-order valence-electron chi connectivity index (χ0n) is 11.9. The van der Waals surface area contributed by atoms with E-state index in [-0.39, 0.29) is 0 Å². The molecule has 0 aromatic carbocycles. The number of rotatable bonds is 6. The van der Waals surface area contributed by atoms with Crippen molar-refractivity contribution in [1.29, 1.82) is 0 Å². The van der Waals surface area contributed by atoms with Gasteiger partial charge in [-0.3, -0.25) is 4.90 Å². The largest absolute Gasteiger partial charge is 0.468 e. The monoisotopic (exact) mass is 250 g/mol. The maximum atomic E-state index is 5.53. The van der Waals surface area contributed by atoms with E-state index >= 15 is 0 Å². The molecule has 2 atom stereocenters. The fourth-order valence-electron chi connectivity index (χ4n) is 2.94. The van der Waals surface area contributed by atoms with Crippen LogP contribution in [-0.4, -0.2) is 31.6 Å². The van der Waals surface area contributed by atoms with Crippen molar-refractivity contribution in [1.82, 2.24) is 10.2 Å². The lowest BCUT2D eigenvalue weighted by atomic mass is 9.99. The van der Waals surface area contributed by atoms with Crippen molar-refractivity contribution in [3.8, 4) is 0 Å². The van der Waals surface area contributed by atoms with E-state index in [0.29, 0.717) is 12.1 Å². The summed E-state index contributed by atoms with van der Waals surface area (Å²) >= 11 is 0. The average Bonchev–Trinajstić information content (AvgIpc) is 3.01. The Kier molecular flexibility index (Phi) is 4.84. The molecular weight excluding hydrogens is 224 g/mol. The van der Waals surface area contributed by atoms with Gasteiger partial charge in [0.2, 0.25) is 0 Å². The third kappa shape index (κ3) is 3.36. The summed E-state index contributed by atoms with van der Waals surface area (Å²) in [6.07, 6.45) is 7.35. The molecule has 1 aliphatic carbocycles. The summed E-state index contributed by atoms with van der Waals surface area (Å²) in [6.45, 7) is 3.28. The number of hydrogen-bond donors (Lipinski definition) is 1.